The molecule has 106 valence electrons. The monoisotopic (exact) mass is 383 g/mol. The Balaban J connectivity index is 2.35. The van der Waals surface area contributed by atoms with E-state index in [2.05, 4.69) is 20.9 Å². The molecule has 20 heavy (non-hydrogen) atoms. The van der Waals surface area contributed by atoms with Crippen LogP contribution in [0.2, 0.25) is 0 Å². The molecule has 0 aliphatic carbocycles. The Labute approximate surface area is 128 Å². The van der Waals surface area contributed by atoms with Crippen LogP contribution < -0.4 is 0 Å². The predicted octanol–water partition coefficient (Wildman–Crippen LogP) is 4.77. The van der Waals surface area contributed by atoms with Crippen molar-refractivity contribution in [1.82, 2.24) is 4.98 Å². The predicted molar refractivity (Wildman–Crippen MR) is 72.3 cm³/mol. The van der Waals surface area contributed by atoms with Gasteiger partial charge in [0.25, 0.3) is 0 Å². The van der Waals surface area contributed by atoms with Crippen LogP contribution in [0.5, 0.6) is 0 Å². The van der Waals surface area contributed by atoms with Gasteiger partial charge in [0.1, 0.15) is 9.90 Å². The molecule has 2 aromatic heterocycles. The topological polar surface area (TPSA) is 50.2 Å². The number of carbonyl (C=O) groups is 1. The third kappa shape index (κ3) is 3.53. The SMILES string of the molecule is O=C(O)c1cc(Sc2ncc(Br)cc2C(F)(F)F)cs1. The summed E-state index contributed by atoms with van der Waals surface area (Å²) in [6, 6.07) is 2.27. The summed E-state index contributed by atoms with van der Waals surface area (Å²) < 4.78 is 38.9. The zero-order valence-corrected chi connectivity index (χ0v) is 12.7. The molecule has 1 N–H and O–H groups in total. The van der Waals surface area contributed by atoms with Crippen LogP contribution >= 0.6 is 39.0 Å². The summed E-state index contributed by atoms with van der Waals surface area (Å²) in [5, 5.41) is 10.1. The number of aromatic carboxylic acids is 1. The fourth-order valence-electron chi connectivity index (χ4n) is 1.31. The van der Waals surface area contributed by atoms with Crippen LogP contribution in [0.3, 0.4) is 0 Å². The zero-order valence-electron chi connectivity index (χ0n) is 9.44. The van der Waals surface area contributed by atoms with Gasteiger partial charge in [0, 0.05) is 20.9 Å². The number of alkyl halides is 3. The fourth-order valence-corrected chi connectivity index (χ4v) is 3.45. The van der Waals surface area contributed by atoms with Crippen molar-refractivity contribution in [1.29, 1.82) is 0 Å². The van der Waals surface area contributed by atoms with Crippen molar-refractivity contribution in [3.05, 3.63) is 38.6 Å². The minimum absolute atomic E-state index is 0.0678. The third-order valence-corrected chi connectivity index (χ3v) is 4.62. The zero-order chi connectivity index (χ0) is 14.9. The van der Waals surface area contributed by atoms with Crippen molar-refractivity contribution in [2.75, 3.05) is 0 Å². The van der Waals surface area contributed by atoms with Crippen molar-refractivity contribution >= 4 is 45.0 Å². The molecular weight excluding hydrogens is 379 g/mol. The van der Waals surface area contributed by atoms with Crippen molar-refractivity contribution in [2.45, 2.75) is 16.1 Å². The van der Waals surface area contributed by atoms with Gasteiger partial charge in [-0.2, -0.15) is 13.2 Å². The van der Waals surface area contributed by atoms with Crippen LogP contribution in [-0.2, 0) is 6.18 Å². The van der Waals surface area contributed by atoms with Gasteiger partial charge in [0.15, 0.2) is 0 Å². The smallest absolute Gasteiger partial charge is 0.419 e. The van der Waals surface area contributed by atoms with E-state index in [1.165, 1.54) is 17.6 Å². The molecule has 3 nitrogen and oxygen atoms in total. The lowest BCUT2D eigenvalue weighted by Gasteiger charge is -2.11. The van der Waals surface area contributed by atoms with Crippen molar-refractivity contribution in [3.8, 4) is 0 Å². The van der Waals surface area contributed by atoms with Gasteiger partial charge in [0.05, 0.1) is 5.56 Å². The normalized spacial score (nSPS) is 11.6. The summed E-state index contributed by atoms with van der Waals surface area (Å²) in [5.41, 5.74) is -0.861. The lowest BCUT2D eigenvalue weighted by Crippen LogP contribution is -2.08. The number of thiophene rings is 1. The summed E-state index contributed by atoms with van der Waals surface area (Å²) in [7, 11) is 0. The number of nitrogens with zero attached hydrogens (tertiary/aromatic N) is 1. The molecule has 2 rings (SSSR count). The Morgan fingerprint density at radius 1 is 1.40 bits per heavy atom. The molecule has 0 aliphatic rings. The summed E-state index contributed by atoms with van der Waals surface area (Å²) in [5.74, 6) is -1.11. The minimum atomic E-state index is -4.52. The fraction of sp³-hybridized carbons (Fsp3) is 0.0909. The van der Waals surface area contributed by atoms with E-state index >= 15 is 0 Å². The third-order valence-electron chi connectivity index (χ3n) is 2.12. The molecule has 0 radical (unpaired) electrons. The Morgan fingerprint density at radius 2 is 2.10 bits per heavy atom. The first kappa shape index (κ1) is 15.3. The highest BCUT2D eigenvalue weighted by atomic mass is 79.9. The number of rotatable bonds is 3. The van der Waals surface area contributed by atoms with Crippen LogP contribution in [-0.4, -0.2) is 16.1 Å². The number of carboxylic acid groups (broad SMARTS) is 1. The highest BCUT2D eigenvalue weighted by molar-refractivity contribution is 9.10. The Hall–Kier alpha value is -1.06. The van der Waals surface area contributed by atoms with Gasteiger partial charge in [-0.25, -0.2) is 9.78 Å². The van der Waals surface area contributed by atoms with Crippen molar-refractivity contribution in [2.24, 2.45) is 0 Å². The van der Waals surface area contributed by atoms with E-state index < -0.39 is 17.7 Å². The van der Waals surface area contributed by atoms with Crippen molar-refractivity contribution < 1.29 is 23.1 Å². The molecule has 0 aliphatic heterocycles. The molecule has 0 amide bonds. The van der Waals surface area contributed by atoms with Crippen molar-refractivity contribution in [3.63, 3.8) is 0 Å². The molecule has 0 saturated heterocycles. The number of aromatic nitrogens is 1. The van der Waals surface area contributed by atoms with Gasteiger partial charge in [0.2, 0.25) is 0 Å². The quantitative estimate of drug-likeness (QED) is 0.828. The Bertz CT molecular complexity index is 657. The maximum Gasteiger partial charge on any atom is 0.419 e. The number of hydrogen-bond donors (Lipinski definition) is 1. The van der Waals surface area contributed by atoms with E-state index in [0.29, 0.717) is 4.90 Å². The van der Waals surface area contributed by atoms with Crippen LogP contribution in [0.25, 0.3) is 0 Å². The lowest BCUT2D eigenvalue weighted by atomic mass is 10.3. The molecule has 0 unspecified atom stereocenters. The van der Waals surface area contributed by atoms with Gasteiger partial charge in [-0.05, 0) is 28.1 Å². The van der Waals surface area contributed by atoms with E-state index in [4.69, 9.17) is 5.11 Å². The van der Waals surface area contributed by atoms with E-state index in [1.807, 2.05) is 0 Å². The van der Waals surface area contributed by atoms with Crippen LogP contribution in [0.1, 0.15) is 15.2 Å². The van der Waals surface area contributed by atoms with Gasteiger partial charge < -0.3 is 5.11 Å². The second-order valence-corrected chi connectivity index (χ2v) is 6.45. The van der Waals surface area contributed by atoms with E-state index in [1.54, 1.807) is 0 Å². The number of carboxylic acids is 1. The minimum Gasteiger partial charge on any atom is -0.477 e. The molecule has 0 saturated carbocycles. The maximum atomic E-state index is 12.9. The van der Waals surface area contributed by atoms with Crippen LogP contribution in [0.15, 0.2) is 38.1 Å². The van der Waals surface area contributed by atoms with E-state index in [-0.39, 0.29) is 14.4 Å². The average Bonchev–Trinajstić information content (AvgIpc) is 2.79. The largest absolute Gasteiger partial charge is 0.477 e. The Kier molecular flexibility index (Phi) is 4.40. The first-order valence-electron chi connectivity index (χ1n) is 5.00. The highest BCUT2D eigenvalue weighted by Gasteiger charge is 2.34. The van der Waals surface area contributed by atoms with E-state index in [0.717, 1.165) is 29.2 Å². The number of halogens is 4. The lowest BCUT2D eigenvalue weighted by molar-refractivity contribution is -0.140. The molecule has 0 spiro atoms. The van der Waals surface area contributed by atoms with Gasteiger partial charge in [-0.1, -0.05) is 11.8 Å². The van der Waals surface area contributed by atoms with Crippen LogP contribution in [0, 0.1) is 0 Å². The molecule has 9 heteroatoms. The summed E-state index contributed by atoms with van der Waals surface area (Å²) in [6.45, 7) is 0. The summed E-state index contributed by atoms with van der Waals surface area (Å²) in [4.78, 5) is 15.0. The molecular formula is C11H5BrF3NO2S2. The summed E-state index contributed by atoms with van der Waals surface area (Å²) >= 11 is 4.69. The van der Waals surface area contributed by atoms with E-state index in [9.17, 15) is 18.0 Å². The number of hydrogen-bond acceptors (Lipinski definition) is 4. The first-order chi connectivity index (χ1) is 9.27. The summed E-state index contributed by atoms with van der Waals surface area (Å²) in [6.07, 6.45) is -3.26. The second kappa shape index (κ2) is 5.74. The first-order valence-corrected chi connectivity index (χ1v) is 7.48. The van der Waals surface area contributed by atoms with Gasteiger partial charge >= 0.3 is 12.1 Å². The Morgan fingerprint density at radius 3 is 2.65 bits per heavy atom. The molecule has 2 heterocycles. The van der Waals surface area contributed by atoms with Gasteiger partial charge in [-0.15, -0.1) is 11.3 Å². The molecule has 0 bridgehead atoms. The second-order valence-electron chi connectivity index (χ2n) is 3.56. The maximum absolute atomic E-state index is 12.9. The number of pyridine rings is 1. The molecule has 0 fully saturated rings. The van der Waals surface area contributed by atoms with Crippen LogP contribution in [0.4, 0.5) is 13.2 Å². The average molecular weight is 384 g/mol. The molecule has 0 aromatic carbocycles. The molecule has 2 aromatic rings. The standard InChI is InChI=1S/C11H5BrF3NO2S2/c12-5-1-7(11(13,14)15)9(16-3-5)20-6-2-8(10(17)18)19-4-6/h1-4H,(H,17,18). The molecule has 0 atom stereocenters. The highest BCUT2D eigenvalue weighted by Crippen LogP contribution is 2.40. The van der Waals surface area contributed by atoms with Gasteiger partial charge in [-0.3, -0.25) is 0 Å².